The number of aromatic nitrogens is 2. The number of para-hydroxylation sites is 1. The molecule has 0 bridgehead atoms. The van der Waals surface area contributed by atoms with E-state index in [9.17, 15) is 18.0 Å². The van der Waals surface area contributed by atoms with Gasteiger partial charge >= 0.3 is 0 Å². The number of benzene rings is 3. The molecule has 3 N–H and O–H groups in total. The van der Waals surface area contributed by atoms with Crippen molar-refractivity contribution in [2.45, 2.75) is 18.4 Å². The van der Waals surface area contributed by atoms with Crippen LogP contribution in [-0.4, -0.2) is 23.9 Å². The number of hydrogen-bond donors (Lipinski definition) is 2. The van der Waals surface area contributed by atoms with Crippen molar-refractivity contribution in [2.24, 2.45) is 5.14 Å². The quantitative estimate of drug-likeness (QED) is 0.485. The molecular formula is C23H20N4O4S. The van der Waals surface area contributed by atoms with Crippen molar-refractivity contribution < 1.29 is 13.2 Å². The van der Waals surface area contributed by atoms with Gasteiger partial charge in [0.2, 0.25) is 10.0 Å². The van der Waals surface area contributed by atoms with Crippen LogP contribution in [0.5, 0.6) is 0 Å². The number of hydrogen-bond acceptors (Lipinski definition) is 5. The molecule has 4 aromatic rings. The summed E-state index contributed by atoms with van der Waals surface area (Å²) in [4.78, 5) is 29.9. The molecule has 0 saturated carbocycles. The summed E-state index contributed by atoms with van der Waals surface area (Å²) in [5.74, 6) is 0.252. The Balaban J connectivity index is 1.51. The van der Waals surface area contributed by atoms with E-state index in [4.69, 9.17) is 5.14 Å². The molecular weight excluding hydrogens is 428 g/mol. The minimum atomic E-state index is -3.76. The Morgan fingerprint density at radius 1 is 1.00 bits per heavy atom. The van der Waals surface area contributed by atoms with Gasteiger partial charge in [0.1, 0.15) is 5.82 Å². The van der Waals surface area contributed by atoms with Crippen molar-refractivity contribution in [1.82, 2.24) is 14.9 Å². The Hall–Kier alpha value is -3.82. The molecule has 8 nitrogen and oxygen atoms in total. The summed E-state index contributed by atoms with van der Waals surface area (Å²) in [7, 11) is -3.76. The minimum absolute atomic E-state index is 0.0110. The standard InChI is InChI=1S/C23H20N4O4S/c1-15-26-21-5-3-2-4-20(21)23(29)27(15)18-10-8-17(9-11-18)22(28)25-14-16-6-12-19(13-7-16)32(24,30)31/h2-13H,14H2,1H3,(H,25,28)(H2,24,30,31). The summed E-state index contributed by atoms with van der Waals surface area (Å²) >= 11 is 0. The number of carbonyl (C=O) groups is 1. The Kier molecular flexibility index (Phi) is 5.60. The van der Waals surface area contributed by atoms with Gasteiger partial charge in [-0.15, -0.1) is 0 Å². The van der Waals surface area contributed by atoms with E-state index in [1.807, 2.05) is 6.07 Å². The summed E-state index contributed by atoms with van der Waals surface area (Å²) < 4.78 is 24.1. The Morgan fingerprint density at radius 3 is 2.31 bits per heavy atom. The third kappa shape index (κ3) is 4.29. The normalized spacial score (nSPS) is 11.4. The lowest BCUT2D eigenvalue weighted by molar-refractivity contribution is 0.0951. The average molecular weight is 449 g/mol. The molecule has 0 aliphatic rings. The van der Waals surface area contributed by atoms with Crippen LogP contribution in [0.3, 0.4) is 0 Å². The van der Waals surface area contributed by atoms with Crippen molar-refractivity contribution in [3.8, 4) is 5.69 Å². The lowest BCUT2D eigenvalue weighted by atomic mass is 10.1. The van der Waals surface area contributed by atoms with E-state index < -0.39 is 10.0 Å². The fourth-order valence-corrected chi connectivity index (χ4v) is 3.91. The summed E-state index contributed by atoms with van der Waals surface area (Å²) in [6.45, 7) is 1.98. The topological polar surface area (TPSA) is 124 Å². The van der Waals surface area contributed by atoms with Gasteiger partial charge in [-0.05, 0) is 61.0 Å². The molecule has 0 saturated heterocycles. The lowest BCUT2D eigenvalue weighted by Gasteiger charge is -2.12. The molecule has 1 amide bonds. The van der Waals surface area contributed by atoms with Crippen LogP contribution < -0.4 is 16.0 Å². The molecule has 1 aromatic heterocycles. The molecule has 1 heterocycles. The first-order valence-electron chi connectivity index (χ1n) is 9.73. The maximum atomic E-state index is 12.9. The van der Waals surface area contributed by atoms with Crippen LogP contribution in [0.15, 0.2) is 82.5 Å². The number of primary sulfonamides is 1. The number of fused-ring (bicyclic) bond motifs is 1. The second-order valence-corrected chi connectivity index (χ2v) is 8.80. The molecule has 0 fully saturated rings. The van der Waals surface area contributed by atoms with E-state index in [1.165, 1.54) is 16.7 Å². The predicted molar refractivity (Wildman–Crippen MR) is 121 cm³/mol. The largest absolute Gasteiger partial charge is 0.348 e. The van der Waals surface area contributed by atoms with Crippen LogP contribution in [0, 0.1) is 6.92 Å². The van der Waals surface area contributed by atoms with Crippen LogP contribution in [0.1, 0.15) is 21.7 Å². The van der Waals surface area contributed by atoms with Gasteiger partial charge in [0.05, 0.1) is 21.5 Å². The highest BCUT2D eigenvalue weighted by atomic mass is 32.2. The van der Waals surface area contributed by atoms with E-state index in [0.29, 0.717) is 28.0 Å². The fraction of sp³-hybridized carbons (Fsp3) is 0.0870. The predicted octanol–water partition coefficient (Wildman–Crippen LogP) is 2.27. The van der Waals surface area contributed by atoms with Crippen molar-refractivity contribution in [2.75, 3.05) is 0 Å². The number of amides is 1. The smallest absolute Gasteiger partial charge is 0.265 e. The van der Waals surface area contributed by atoms with Crippen molar-refractivity contribution in [1.29, 1.82) is 0 Å². The van der Waals surface area contributed by atoms with Gasteiger partial charge in [-0.2, -0.15) is 0 Å². The maximum Gasteiger partial charge on any atom is 0.265 e. The van der Waals surface area contributed by atoms with Gasteiger partial charge in [0.25, 0.3) is 11.5 Å². The average Bonchev–Trinajstić information content (AvgIpc) is 2.77. The highest BCUT2D eigenvalue weighted by molar-refractivity contribution is 7.89. The van der Waals surface area contributed by atoms with Gasteiger partial charge in [-0.25, -0.2) is 18.5 Å². The first-order chi connectivity index (χ1) is 15.2. The number of sulfonamides is 1. The number of nitrogens with zero attached hydrogens (tertiary/aromatic N) is 2. The molecule has 0 radical (unpaired) electrons. The van der Waals surface area contributed by atoms with Crippen molar-refractivity contribution in [3.05, 3.63) is 100 Å². The summed E-state index contributed by atoms with van der Waals surface area (Å²) in [5, 5.41) is 8.38. The molecule has 9 heteroatoms. The molecule has 0 atom stereocenters. The maximum absolute atomic E-state index is 12.9. The van der Waals surface area contributed by atoms with E-state index in [1.54, 1.807) is 61.5 Å². The molecule has 3 aromatic carbocycles. The van der Waals surface area contributed by atoms with E-state index in [-0.39, 0.29) is 22.9 Å². The molecule has 4 rings (SSSR count). The fourth-order valence-electron chi connectivity index (χ4n) is 3.39. The Bertz CT molecular complexity index is 1480. The third-order valence-electron chi connectivity index (χ3n) is 5.04. The third-order valence-corrected chi connectivity index (χ3v) is 5.97. The van der Waals surface area contributed by atoms with Gasteiger partial charge in [0.15, 0.2) is 0 Å². The zero-order valence-electron chi connectivity index (χ0n) is 17.1. The van der Waals surface area contributed by atoms with Crippen molar-refractivity contribution >= 4 is 26.8 Å². The highest BCUT2D eigenvalue weighted by Crippen LogP contribution is 2.14. The SMILES string of the molecule is Cc1nc2ccccc2c(=O)n1-c1ccc(C(=O)NCc2ccc(S(N)(=O)=O)cc2)cc1. The highest BCUT2D eigenvalue weighted by Gasteiger charge is 2.12. The Morgan fingerprint density at radius 2 is 1.66 bits per heavy atom. The summed E-state index contributed by atoms with van der Waals surface area (Å²) in [6.07, 6.45) is 0. The van der Waals surface area contributed by atoms with Gasteiger partial charge in [-0.1, -0.05) is 24.3 Å². The first kappa shape index (κ1) is 21.4. The second-order valence-electron chi connectivity index (χ2n) is 7.24. The van der Waals surface area contributed by atoms with Gasteiger partial charge in [-0.3, -0.25) is 14.2 Å². The minimum Gasteiger partial charge on any atom is -0.348 e. The molecule has 0 unspecified atom stereocenters. The number of rotatable bonds is 5. The van der Waals surface area contributed by atoms with Gasteiger partial charge in [0, 0.05) is 12.1 Å². The molecule has 162 valence electrons. The van der Waals surface area contributed by atoms with Crippen LogP contribution in [0.4, 0.5) is 0 Å². The number of nitrogens with two attached hydrogens (primary N) is 1. The number of nitrogens with one attached hydrogen (secondary N) is 1. The summed E-state index contributed by atoms with van der Waals surface area (Å²) in [6, 6.07) is 19.8. The zero-order chi connectivity index (χ0) is 22.9. The van der Waals surface area contributed by atoms with Crippen molar-refractivity contribution in [3.63, 3.8) is 0 Å². The van der Waals surface area contributed by atoms with Crippen LogP contribution >= 0.6 is 0 Å². The lowest BCUT2D eigenvalue weighted by Crippen LogP contribution is -2.24. The number of aryl methyl sites for hydroxylation is 1. The Labute approximate surface area is 184 Å². The second kappa shape index (κ2) is 8.37. The molecule has 0 aliphatic carbocycles. The molecule has 0 aliphatic heterocycles. The monoisotopic (exact) mass is 448 g/mol. The zero-order valence-corrected chi connectivity index (χ0v) is 18.0. The van der Waals surface area contributed by atoms with Gasteiger partial charge < -0.3 is 5.32 Å². The molecule has 32 heavy (non-hydrogen) atoms. The van der Waals surface area contributed by atoms with Crippen LogP contribution in [0.25, 0.3) is 16.6 Å². The van der Waals surface area contributed by atoms with Crippen LogP contribution in [0.2, 0.25) is 0 Å². The van der Waals surface area contributed by atoms with E-state index in [0.717, 1.165) is 5.56 Å². The number of carbonyl (C=O) groups excluding carboxylic acids is 1. The van der Waals surface area contributed by atoms with E-state index in [2.05, 4.69) is 10.3 Å². The van der Waals surface area contributed by atoms with Crippen LogP contribution in [-0.2, 0) is 16.6 Å². The summed E-state index contributed by atoms with van der Waals surface area (Å²) in [5.41, 5.74) is 2.23. The first-order valence-corrected chi connectivity index (χ1v) is 11.3. The van der Waals surface area contributed by atoms with E-state index >= 15 is 0 Å². The molecule has 0 spiro atoms.